The molecule has 0 radical (unpaired) electrons. The van der Waals surface area contributed by atoms with Crippen molar-refractivity contribution in [1.29, 1.82) is 0 Å². The van der Waals surface area contributed by atoms with Gasteiger partial charge < -0.3 is 5.32 Å². The molecule has 1 heterocycles. The Bertz CT molecular complexity index is 762. The number of benzene rings is 1. The lowest BCUT2D eigenvalue weighted by atomic mass is 10.0. The monoisotopic (exact) mass is 311 g/mol. The molecule has 1 aliphatic carbocycles. The van der Waals surface area contributed by atoms with Gasteiger partial charge in [-0.25, -0.2) is 4.68 Å². The summed E-state index contributed by atoms with van der Waals surface area (Å²) in [5, 5.41) is 7.31. The summed E-state index contributed by atoms with van der Waals surface area (Å²) in [6.45, 7) is 4.84. The molecule has 3 rings (SSSR count). The minimum absolute atomic E-state index is 0.124. The number of hydrogen-bond donors (Lipinski definition) is 1. The average Bonchev–Trinajstić information content (AvgIpc) is 3.10. The molecule has 1 aromatic heterocycles. The molecular weight excluding hydrogens is 290 g/mol. The zero-order valence-corrected chi connectivity index (χ0v) is 13.6. The summed E-state index contributed by atoms with van der Waals surface area (Å²) >= 11 is 0. The van der Waals surface area contributed by atoms with Crippen LogP contribution in [0.25, 0.3) is 0 Å². The zero-order valence-electron chi connectivity index (χ0n) is 13.6. The van der Waals surface area contributed by atoms with Crippen LogP contribution in [0.5, 0.6) is 0 Å². The Labute approximate surface area is 135 Å². The third-order valence-electron chi connectivity index (χ3n) is 4.30. The molecule has 1 amide bonds. The summed E-state index contributed by atoms with van der Waals surface area (Å²) in [7, 11) is 0. The summed E-state index contributed by atoms with van der Waals surface area (Å²) in [6, 6.07) is 5.37. The van der Waals surface area contributed by atoms with Crippen LogP contribution in [-0.2, 0) is 13.0 Å². The van der Waals surface area contributed by atoms with E-state index in [1.165, 1.54) is 0 Å². The summed E-state index contributed by atoms with van der Waals surface area (Å²) in [5.41, 5.74) is 3.09. The maximum absolute atomic E-state index is 12.7. The van der Waals surface area contributed by atoms with E-state index in [0.717, 1.165) is 36.3 Å². The summed E-state index contributed by atoms with van der Waals surface area (Å²) in [4.78, 5) is 24.5. The normalized spacial score (nSPS) is 13.2. The molecule has 0 spiro atoms. The molecule has 1 aromatic carbocycles. The molecule has 0 unspecified atom stereocenters. The number of aromatic nitrogens is 2. The van der Waals surface area contributed by atoms with Crippen molar-refractivity contribution >= 4 is 17.5 Å². The number of hydrogen-bond acceptors (Lipinski definition) is 3. The highest BCUT2D eigenvalue weighted by Crippen LogP contribution is 2.26. The van der Waals surface area contributed by atoms with E-state index in [-0.39, 0.29) is 11.7 Å². The van der Waals surface area contributed by atoms with Gasteiger partial charge in [0.15, 0.2) is 5.78 Å². The van der Waals surface area contributed by atoms with Crippen molar-refractivity contribution in [3.05, 3.63) is 46.6 Å². The smallest absolute Gasteiger partial charge is 0.257 e. The Balaban J connectivity index is 1.86. The fourth-order valence-electron chi connectivity index (χ4n) is 3.00. The zero-order chi connectivity index (χ0) is 16.4. The fourth-order valence-corrected chi connectivity index (χ4v) is 3.00. The lowest BCUT2D eigenvalue weighted by molar-refractivity contribution is 0.0993. The molecule has 5 nitrogen and oxygen atoms in total. The molecule has 0 bridgehead atoms. The van der Waals surface area contributed by atoms with Crippen molar-refractivity contribution < 1.29 is 9.59 Å². The summed E-state index contributed by atoms with van der Waals surface area (Å²) < 4.78 is 1.84. The van der Waals surface area contributed by atoms with Crippen LogP contribution < -0.4 is 5.32 Å². The minimum atomic E-state index is -0.169. The van der Waals surface area contributed by atoms with Crippen molar-refractivity contribution in [2.75, 3.05) is 5.32 Å². The van der Waals surface area contributed by atoms with Gasteiger partial charge in [-0.05, 0) is 31.4 Å². The number of nitrogens with zero attached hydrogens (tertiary/aromatic N) is 2. The third kappa shape index (κ3) is 2.91. The number of anilines is 1. The van der Waals surface area contributed by atoms with Crippen molar-refractivity contribution in [1.82, 2.24) is 9.78 Å². The molecule has 120 valence electrons. The van der Waals surface area contributed by atoms with E-state index in [1.807, 2.05) is 11.6 Å². The summed E-state index contributed by atoms with van der Waals surface area (Å²) in [5.74, 6) is 0.696. The first-order valence-electron chi connectivity index (χ1n) is 8.10. The Morgan fingerprint density at radius 1 is 1.35 bits per heavy atom. The number of aryl methyl sites for hydroxylation is 2. The maximum Gasteiger partial charge on any atom is 0.257 e. The fraction of sp³-hybridized carbons (Fsp3) is 0.389. The van der Waals surface area contributed by atoms with Crippen LogP contribution in [0.3, 0.4) is 0 Å². The first-order chi connectivity index (χ1) is 11.1. The number of Topliss-reactive ketones (excluding diaryl/α,β-unsaturated/α-hetero) is 1. The molecule has 1 N–H and O–H groups in total. The Morgan fingerprint density at radius 3 is 2.96 bits per heavy atom. The highest BCUT2D eigenvalue weighted by Gasteiger charge is 2.25. The molecule has 2 aromatic rings. The second-order valence-electron chi connectivity index (χ2n) is 5.96. The standard InChI is InChI=1S/C18H21N3O2/c1-3-4-10-21-17(12(2)11-19-21)20-18(23)15-7-5-6-14-13(15)8-9-16(14)22/h5-7,11H,3-4,8-10H2,1-2H3,(H,20,23). The van der Waals surface area contributed by atoms with Gasteiger partial charge in [-0.2, -0.15) is 5.10 Å². The van der Waals surface area contributed by atoms with E-state index >= 15 is 0 Å². The topological polar surface area (TPSA) is 64.0 Å². The number of fused-ring (bicyclic) bond motifs is 1. The van der Waals surface area contributed by atoms with Gasteiger partial charge in [0.25, 0.3) is 5.91 Å². The Hall–Kier alpha value is -2.43. The first-order valence-corrected chi connectivity index (χ1v) is 8.10. The molecule has 5 heteroatoms. The van der Waals surface area contributed by atoms with Gasteiger partial charge >= 0.3 is 0 Å². The van der Waals surface area contributed by atoms with Gasteiger partial charge in [-0.1, -0.05) is 25.5 Å². The quantitative estimate of drug-likeness (QED) is 0.920. The number of carbonyl (C=O) groups excluding carboxylic acids is 2. The van der Waals surface area contributed by atoms with E-state index < -0.39 is 0 Å². The van der Waals surface area contributed by atoms with E-state index in [4.69, 9.17) is 0 Å². The van der Waals surface area contributed by atoms with Crippen molar-refractivity contribution in [3.8, 4) is 0 Å². The number of nitrogens with one attached hydrogen (secondary N) is 1. The van der Waals surface area contributed by atoms with E-state index in [0.29, 0.717) is 24.0 Å². The van der Waals surface area contributed by atoms with Crippen LogP contribution in [0.2, 0.25) is 0 Å². The van der Waals surface area contributed by atoms with Crippen LogP contribution in [0.15, 0.2) is 24.4 Å². The number of ketones is 1. The van der Waals surface area contributed by atoms with E-state index in [2.05, 4.69) is 17.3 Å². The minimum Gasteiger partial charge on any atom is -0.307 e. The lowest BCUT2D eigenvalue weighted by Crippen LogP contribution is -2.18. The van der Waals surface area contributed by atoms with E-state index in [1.54, 1.807) is 24.4 Å². The lowest BCUT2D eigenvalue weighted by Gasteiger charge is -2.12. The second kappa shape index (κ2) is 6.36. The highest BCUT2D eigenvalue weighted by molar-refractivity contribution is 6.09. The third-order valence-corrected chi connectivity index (χ3v) is 4.30. The number of amides is 1. The molecular formula is C18H21N3O2. The van der Waals surface area contributed by atoms with Crippen LogP contribution in [0.1, 0.15) is 58.0 Å². The number of rotatable bonds is 5. The maximum atomic E-state index is 12.7. The molecule has 0 atom stereocenters. The van der Waals surface area contributed by atoms with Crippen LogP contribution in [-0.4, -0.2) is 21.5 Å². The van der Waals surface area contributed by atoms with Crippen LogP contribution >= 0.6 is 0 Å². The van der Waals surface area contributed by atoms with Crippen molar-refractivity contribution in [3.63, 3.8) is 0 Å². The molecule has 0 fully saturated rings. The van der Waals surface area contributed by atoms with Gasteiger partial charge in [0.1, 0.15) is 5.82 Å². The predicted octanol–water partition coefficient (Wildman–Crippen LogP) is 3.37. The molecule has 23 heavy (non-hydrogen) atoms. The Kier molecular flexibility index (Phi) is 4.28. The van der Waals surface area contributed by atoms with Crippen LogP contribution in [0.4, 0.5) is 5.82 Å². The predicted molar refractivity (Wildman–Crippen MR) is 88.9 cm³/mol. The van der Waals surface area contributed by atoms with Crippen molar-refractivity contribution in [2.24, 2.45) is 0 Å². The molecule has 0 saturated heterocycles. The van der Waals surface area contributed by atoms with Gasteiger partial charge in [0.2, 0.25) is 0 Å². The van der Waals surface area contributed by atoms with E-state index in [9.17, 15) is 9.59 Å². The average molecular weight is 311 g/mol. The van der Waals surface area contributed by atoms with Gasteiger partial charge in [0.05, 0.1) is 6.20 Å². The number of unbranched alkanes of at least 4 members (excludes halogenated alkanes) is 1. The van der Waals surface area contributed by atoms with Gasteiger partial charge in [0, 0.05) is 29.7 Å². The molecule has 0 saturated carbocycles. The molecule has 1 aliphatic rings. The highest BCUT2D eigenvalue weighted by atomic mass is 16.2. The summed E-state index contributed by atoms with van der Waals surface area (Å²) in [6.07, 6.45) is 4.99. The number of carbonyl (C=O) groups is 2. The van der Waals surface area contributed by atoms with Gasteiger partial charge in [-0.3, -0.25) is 9.59 Å². The Morgan fingerprint density at radius 2 is 2.17 bits per heavy atom. The molecule has 0 aliphatic heterocycles. The first kappa shape index (κ1) is 15.5. The van der Waals surface area contributed by atoms with Crippen LogP contribution in [0, 0.1) is 6.92 Å². The SMILES string of the molecule is CCCCn1ncc(C)c1NC(=O)c1cccc2c1CCC2=O. The second-order valence-corrected chi connectivity index (χ2v) is 5.96. The van der Waals surface area contributed by atoms with Gasteiger partial charge in [-0.15, -0.1) is 0 Å². The largest absolute Gasteiger partial charge is 0.307 e. The van der Waals surface area contributed by atoms with Crippen molar-refractivity contribution in [2.45, 2.75) is 46.1 Å².